The molecule has 0 spiro atoms. The molecule has 1 aromatic heterocycles. The van der Waals surface area contributed by atoms with E-state index >= 15 is 0 Å². The number of likely N-dealkylation sites (N-methyl/N-ethyl adjacent to an activating group) is 1. The van der Waals surface area contributed by atoms with Gasteiger partial charge in [-0.15, -0.1) is 11.3 Å². The second kappa shape index (κ2) is 7.03. The highest BCUT2D eigenvalue weighted by Crippen LogP contribution is 2.38. The van der Waals surface area contributed by atoms with Crippen LogP contribution in [0.2, 0.25) is 0 Å². The van der Waals surface area contributed by atoms with Crippen molar-refractivity contribution in [2.75, 3.05) is 32.8 Å². The van der Waals surface area contributed by atoms with E-state index in [2.05, 4.69) is 49.4 Å². The van der Waals surface area contributed by atoms with E-state index in [-0.39, 0.29) is 5.54 Å². The molecule has 1 aliphatic heterocycles. The maximum atomic E-state index is 5.53. The Labute approximate surface area is 127 Å². The molecule has 2 unspecified atom stereocenters. The van der Waals surface area contributed by atoms with Crippen LogP contribution in [0.1, 0.15) is 43.7 Å². The van der Waals surface area contributed by atoms with Crippen molar-refractivity contribution in [3.63, 3.8) is 0 Å². The number of rotatable bonds is 6. The summed E-state index contributed by atoms with van der Waals surface area (Å²) < 4.78 is 5.53. The van der Waals surface area contributed by atoms with Gasteiger partial charge in [0.25, 0.3) is 0 Å². The molecular weight excluding hydrogens is 268 g/mol. The summed E-state index contributed by atoms with van der Waals surface area (Å²) in [5.41, 5.74) is 1.56. The van der Waals surface area contributed by atoms with Crippen LogP contribution in [0.15, 0.2) is 11.4 Å². The number of nitrogens with zero attached hydrogens (tertiary/aromatic N) is 1. The van der Waals surface area contributed by atoms with E-state index in [1.165, 1.54) is 10.4 Å². The van der Waals surface area contributed by atoms with Crippen molar-refractivity contribution in [2.45, 2.75) is 45.7 Å². The van der Waals surface area contributed by atoms with E-state index in [9.17, 15) is 0 Å². The molecule has 2 heterocycles. The summed E-state index contributed by atoms with van der Waals surface area (Å²) >= 11 is 1.88. The van der Waals surface area contributed by atoms with E-state index in [0.717, 1.165) is 39.3 Å². The number of aryl methyl sites for hydroxylation is 1. The quantitative estimate of drug-likeness (QED) is 0.872. The Morgan fingerprint density at radius 1 is 1.40 bits per heavy atom. The van der Waals surface area contributed by atoms with E-state index < -0.39 is 0 Å². The zero-order chi connectivity index (χ0) is 14.6. The minimum absolute atomic E-state index is 0.148. The first-order valence-corrected chi connectivity index (χ1v) is 8.61. The Bertz CT molecular complexity index is 414. The average molecular weight is 296 g/mol. The Hall–Kier alpha value is -0.420. The van der Waals surface area contributed by atoms with Gasteiger partial charge in [-0.1, -0.05) is 13.8 Å². The Kier molecular flexibility index (Phi) is 5.61. The van der Waals surface area contributed by atoms with Gasteiger partial charge >= 0.3 is 0 Å². The number of hydrogen-bond donors (Lipinski definition) is 1. The van der Waals surface area contributed by atoms with Crippen molar-refractivity contribution in [3.8, 4) is 0 Å². The third-order valence-corrected chi connectivity index (χ3v) is 5.73. The van der Waals surface area contributed by atoms with Crippen molar-refractivity contribution in [1.29, 1.82) is 0 Å². The molecule has 0 aliphatic carbocycles. The van der Waals surface area contributed by atoms with Crippen molar-refractivity contribution < 1.29 is 4.74 Å². The van der Waals surface area contributed by atoms with Gasteiger partial charge in [0, 0.05) is 23.5 Å². The summed E-state index contributed by atoms with van der Waals surface area (Å²) in [5, 5.41) is 5.96. The Morgan fingerprint density at radius 3 is 2.60 bits per heavy atom. The van der Waals surface area contributed by atoms with Crippen LogP contribution in [0.3, 0.4) is 0 Å². The van der Waals surface area contributed by atoms with Crippen LogP contribution in [0.4, 0.5) is 0 Å². The molecule has 1 N–H and O–H groups in total. The smallest absolute Gasteiger partial charge is 0.0601 e. The topological polar surface area (TPSA) is 24.5 Å². The first kappa shape index (κ1) is 16.0. The fraction of sp³-hybridized carbons (Fsp3) is 0.750. The molecule has 0 aromatic carbocycles. The van der Waals surface area contributed by atoms with Gasteiger partial charge in [-0.2, -0.15) is 0 Å². The molecule has 20 heavy (non-hydrogen) atoms. The van der Waals surface area contributed by atoms with Crippen molar-refractivity contribution in [3.05, 3.63) is 21.9 Å². The molecule has 0 radical (unpaired) electrons. The van der Waals surface area contributed by atoms with Gasteiger partial charge in [0.05, 0.1) is 19.3 Å². The van der Waals surface area contributed by atoms with Crippen LogP contribution < -0.4 is 5.32 Å². The number of thiophene rings is 1. The summed E-state index contributed by atoms with van der Waals surface area (Å²) in [6, 6.07) is 2.63. The predicted molar refractivity (Wildman–Crippen MR) is 86.6 cm³/mol. The number of nitrogens with one attached hydrogen (secondary N) is 1. The Balaban J connectivity index is 2.30. The lowest BCUT2D eigenvalue weighted by Crippen LogP contribution is -2.57. The molecular formula is C16H28N2OS. The summed E-state index contributed by atoms with van der Waals surface area (Å²) in [6.45, 7) is 13.9. The molecule has 3 nitrogen and oxygen atoms in total. The molecule has 2 rings (SSSR count). The normalized spacial score (nSPS) is 21.6. The molecule has 0 saturated carbocycles. The second-order valence-electron chi connectivity index (χ2n) is 5.77. The van der Waals surface area contributed by atoms with Crippen molar-refractivity contribution in [1.82, 2.24) is 10.2 Å². The molecule has 2 atom stereocenters. The summed E-state index contributed by atoms with van der Waals surface area (Å²) in [6.07, 6.45) is 1.14. The third-order valence-electron chi connectivity index (χ3n) is 4.64. The van der Waals surface area contributed by atoms with E-state index in [1.54, 1.807) is 0 Å². The number of ether oxygens (including phenoxy) is 1. The lowest BCUT2D eigenvalue weighted by Gasteiger charge is -2.48. The molecule has 1 aromatic rings. The van der Waals surface area contributed by atoms with Crippen LogP contribution in [-0.2, 0) is 4.74 Å². The van der Waals surface area contributed by atoms with Gasteiger partial charge in [0.15, 0.2) is 0 Å². The number of hydrogen-bond acceptors (Lipinski definition) is 4. The zero-order valence-corrected chi connectivity index (χ0v) is 14.1. The maximum Gasteiger partial charge on any atom is 0.0601 e. The predicted octanol–water partition coefficient (Wildman–Crippen LogP) is 3.21. The first-order chi connectivity index (χ1) is 9.63. The first-order valence-electron chi connectivity index (χ1n) is 7.73. The highest BCUT2D eigenvalue weighted by molar-refractivity contribution is 7.10. The van der Waals surface area contributed by atoms with Crippen LogP contribution in [0.5, 0.6) is 0 Å². The molecule has 1 aliphatic rings. The van der Waals surface area contributed by atoms with Gasteiger partial charge in [-0.3, -0.25) is 4.90 Å². The molecule has 0 bridgehead atoms. The van der Waals surface area contributed by atoms with E-state index in [0.29, 0.717) is 6.04 Å². The lowest BCUT2D eigenvalue weighted by molar-refractivity contribution is -0.0322. The van der Waals surface area contributed by atoms with E-state index in [1.807, 2.05) is 11.3 Å². The van der Waals surface area contributed by atoms with Gasteiger partial charge in [0.2, 0.25) is 0 Å². The zero-order valence-electron chi connectivity index (χ0n) is 13.2. The summed E-state index contributed by atoms with van der Waals surface area (Å²) in [5.74, 6) is 0. The highest BCUT2D eigenvalue weighted by atomic mass is 32.1. The fourth-order valence-electron chi connectivity index (χ4n) is 3.16. The highest BCUT2D eigenvalue weighted by Gasteiger charge is 2.40. The van der Waals surface area contributed by atoms with E-state index in [4.69, 9.17) is 4.74 Å². The molecule has 114 valence electrons. The van der Waals surface area contributed by atoms with Gasteiger partial charge in [-0.05, 0) is 43.8 Å². The van der Waals surface area contributed by atoms with Gasteiger partial charge in [-0.25, -0.2) is 0 Å². The maximum absolute atomic E-state index is 5.53. The monoisotopic (exact) mass is 296 g/mol. The van der Waals surface area contributed by atoms with Gasteiger partial charge in [0.1, 0.15) is 0 Å². The average Bonchev–Trinajstić information content (AvgIpc) is 2.91. The minimum Gasteiger partial charge on any atom is -0.379 e. The summed E-state index contributed by atoms with van der Waals surface area (Å²) in [4.78, 5) is 4.10. The standard InChI is InChI=1S/C16H28N2OS/c1-5-16(4,18-8-10-19-11-9-18)15(17-6-2)14-13(3)7-12-20-14/h7,12,15,17H,5-6,8-11H2,1-4H3. The number of morpholine rings is 1. The second-order valence-corrected chi connectivity index (χ2v) is 6.72. The van der Waals surface area contributed by atoms with Crippen molar-refractivity contribution >= 4 is 11.3 Å². The molecule has 1 saturated heterocycles. The third kappa shape index (κ3) is 3.08. The fourth-order valence-corrected chi connectivity index (χ4v) is 4.31. The SMILES string of the molecule is CCNC(c1sccc1C)C(C)(CC)N1CCOCC1. The minimum atomic E-state index is 0.148. The van der Waals surface area contributed by atoms with Crippen LogP contribution in [0.25, 0.3) is 0 Å². The van der Waals surface area contributed by atoms with Crippen LogP contribution in [-0.4, -0.2) is 43.3 Å². The Morgan fingerprint density at radius 2 is 2.10 bits per heavy atom. The summed E-state index contributed by atoms with van der Waals surface area (Å²) in [7, 11) is 0. The van der Waals surface area contributed by atoms with Crippen LogP contribution >= 0.6 is 11.3 Å². The van der Waals surface area contributed by atoms with Gasteiger partial charge < -0.3 is 10.1 Å². The van der Waals surface area contributed by atoms with Crippen LogP contribution in [0, 0.1) is 6.92 Å². The lowest BCUT2D eigenvalue weighted by atomic mass is 9.84. The van der Waals surface area contributed by atoms with Crippen molar-refractivity contribution in [2.24, 2.45) is 0 Å². The largest absolute Gasteiger partial charge is 0.379 e. The molecule has 0 amide bonds. The molecule has 4 heteroatoms. The molecule has 1 fully saturated rings.